The van der Waals surface area contributed by atoms with E-state index in [1.807, 2.05) is 32.9 Å². The maximum atomic E-state index is 12.3. The second kappa shape index (κ2) is 5.63. The SMILES string of the molecule is CC(C)(C)OC(=O)[C@@H]1CNC[C@H]1c1cccc(Br)c1. The Hall–Kier alpha value is -0.870. The lowest BCUT2D eigenvalue weighted by Crippen LogP contribution is -2.31. The molecule has 1 saturated heterocycles. The number of hydrogen-bond donors (Lipinski definition) is 1. The maximum absolute atomic E-state index is 12.3. The van der Waals surface area contributed by atoms with Gasteiger partial charge in [0, 0.05) is 23.5 Å². The standard InChI is InChI=1S/C15H20BrNO2/c1-15(2,3)19-14(18)13-9-17-8-12(13)10-5-4-6-11(16)7-10/h4-7,12-13,17H,8-9H2,1-3H3/t12-,13+/m0/s1. The molecule has 1 N–H and O–H groups in total. The molecule has 1 aliphatic heterocycles. The van der Waals surface area contributed by atoms with Crippen molar-refractivity contribution in [1.82, 2.24) is 5.32 Å². The molecule has 0 aliphatic carbocycles. The predicted octanol–water partition coefficient (Wildman–Crippen LogP) is 3.09. The molecule has 1 fully saturated rings. The van der Waals surface area contributed by atoms with Gasteiger partial charge in [0.2, 0.25) is 0 Å². The second-order valence-corrected chi connectivity index (χ2v) is 6.88. The van der Waals surface area contributed by atoms with Crippen molar-refractivity contribution in [2.45, 2.75) is 32.3 Å². The zero-order chi connectivity index (χ0) is 14.0. The van der Waals surface area contributed by atoms with Gasteiger partial charge in [-0.25, -0.2) is 0 Å². The third-order valence-corrected chi connectivity index (χ3v) is 3.69. The van der Waals surface area contributed by atoms with Gasteiger partial charge in [0.1, 0.15) is 5.60 Å². The number of benzene rings is 1. The van der Waals surface area contributed by atoms with Crippen molar-refractivity contribution < 1.29 is 9.53 Å². The first kappa shape index (κ1) is 14.5. The summed E-state index contributed by atoms with van der Waals surface area (Å²) in [6.45, 7) is 7.22. The molecule has 0 bridgehead atoms. The van der Waals surface area contributed by atoms with Gasteiger partial charge >= 0.3 is 5.97 Å². The average Bonchev–Trinajstić information content (AvgIpc) is 2.75. The predicted molar refractivity (Wildman–Crippen MR) is 79.1 cm³/mol. The summed E-state index contributed by atoms with van der Waals surface area (Å²) in [6, 6.07) is 8.15. The molecule has 3 nitrogen and oxygen atoms in total. The van der Waals surface area contributed by atoms with E-state index in [1.54, 1.807) is 0 Å². The zero-order valence-electron chi connectivity index (χ0n) is 11.6. The molecule has 0 unspecified atom stereocenters. The number of halogens is 1. The first-order valence-electron chi connectivity index (χ1n) is 6.56. The Morgan fingerprint density at radius 2 is 2.11 bits per heavy atom. The first-order chi connectivity index (χ1) is 8.87. The summed E-state index contributed by atoms with van der Waals surface area (Å²) in [5.74, 6) is -0.0247. The maximum Gasteiger partial charge on any atom is 0.311 e. The molecule has 0 amide bonds. The fourth-order valence-corrected chi connectivity index (χ4v) is 2.81. The van der Waals surface area contributed by atoms with Crippen molar-refractivity contribution in [2.24, 2.45) is 5.92 Å². The van der Waals surface area contributed by atoms with E-state index in [0.29, 0.717) is 6.54 Å². The van der Waals surface area contributed by atoms with E-state index in [1.165, 1.54) is 5.56 Å². The van der Waals surface area contributed by atoms with Gasteiger partial charge in [0.25, 0.3) is 0 Å². The lowest BCUT2D eigenvalue weighted by Gasteiger charge is -2.24. The number of rotatable bonds is 2. The highest BCUT2D eigenvalue weighted by Gasteiger charge is 2.36. The van der Waals surface area contributed by atoms with Crippen LogP contribution in [0.4, 0.5) is 0 Å². The minimum absolute atomic E-state index is 0.103. The van der Waals surface area contributed by atoms with Gasteiger partial charge in [-0.3, -0.25) is 4.79 Å². The van der Waals surface area contributed by atoms with Crippen LogP contribution in [-0.4, -0.2) is 24.7 Å². The Bertz CT molecular complexity index is 467. The summed E-state index contributed by atoms with van der Waals surface area (Å²) >= 11 is 3.48. The second-order valence-electron chi connectivity index (χ2n) is 5.96. The molecular formula is C15H20BrNO2. The Morgan fingerprint density at radius 1 is 1.37 bits per heavy atom. The normalized spacial score (nSPS) is 23.4. The molecule has 1 heterocycles. The Morgan fingerprint density at radius 3 is 2.74 bits per heavy atom. The van der Waals surface area contributed by atoms with Gasteiger partial charge in [0.05, 0.1) is 5.92 Å². The van der Waals surface area contributed by atoms with E-state index in [-0.39, 0.29) is 17.8 Å². The minimum atomic E-state index is -0.429. The number of carbonyl (C=O) groups is 1. The summed E-state index contributed by atoms with van der Waals surface area (Å²) in [4.78, 5) is 12.3. The van der Waals surface area contributed by atoms with E-state index in [0.717, 1.165) is 11.0 Å². The van der Waals surface area contributed by atoms with E-state index >= 15 is 0 Å². The van der Waals surface area contributed by atoms with Gasteiger partial charge in [-0.1, -0.05) is 28.1 Å². The van der Waals surface area contributed by atoms with E-state index < -0.39 is 5.60 Å². The molecule has 0 spiro atoms. The van der Waals surface area contributed by atoms with E-state index in [4.69, 9.17) is 4.74 Å². The number of nitrogens with one attached hydrogen (secondary N) is 1. The highest BCUT2D eigenvalue weighted by atomic mass is 79.9. The molecule has 2 rings (SSSR count). The molecule has 0 aromatic heterocycles. The third-order valence-electron chi connectivity index (χ3n) is 3.20. The van der Waals surface area contributed by atoms with Crippen molar-refractivity contribution in [3.63, 3.8) is 0 Å². The molecule has 1 aliphatic rings. The summed E-state index contributed by atoms with van der Waals surface area (Å²) in [5.41, 5.74) is 0.747. The van der Waals surface area contributed by atoms with Crippen molar-refractivity contribution in [3.8, 4) is 0 Å². The van der Waals surface area contributed by atoms with Crippen molar-refractivity contribution in [3.05, 3.63) is 34.3 Å². The molecular weight excluding hydrogens is 306 g/mol. The van der Waals surface area contributed by atoms with Gasteiger partial charge in [-0.2, -0.15) is 0 Å². The van der Waals surface area contributed by atoms with Crippen LogP contribution in [0.25, 0.3) is 0 Å². The highest BCUT2D eigenvalue weighted by Crippen LogP contribution is 2.31. The van der Waals surface area contributed by atoms with Gasteiger partial charge < -0.3 is 10.1 Å². The molecule has 19 heavy (non-hydrogen) atoms. The molecule has 4 heteroatoms. The molecule has 104 valence electrons. The Balaban J connectivity index is 2.15. The van der Waals surface area contributed by atoms with Crippen LogP contribution >= 0.6 is 15.9 Å². The average molecular weight is 326 g/mol. The van der Waals surface area contributed by atoms with Crippen LogP contribution in [0.5, 0.6) is 0 Å². The number of ether oxygens (including phenoxy) is 1. The smallest absolute Gasteiger partial charge is 0.311 e. The minimum Gasteiger partial charge on any atom is -0.460 e. The van der Waals surface area contributed by atoms with Crippen LogP contribution in [-0.2, 0) is 9.53 Å². The quantitative estimate of drug-likeness (QED) is 0.849. The Kier molecular flexibility index (Phi) is 4.31. The lowest BCUT2D eigenvalue weighted by atomic mass is 9.89. The van der Waals surface area contributed by atoms with Crippen molar-refractivity contribution >= 4 is 21.9 Å². The highest BCUT2D eigenvalue weighted by molar-refractivity contribution is 9.10. The summed E-state index contributed by atoms with van der Waals surface area (Å²) in [6.07, 6.45) is 0. The third kappa shape index (κ3) is 3.80. The van der Waals surface area contributed by atoms with Crippen LogP contribution in [0.3, 0.4) is 0 Å². The van der Waals surface area contributed by atoms with Crippen LogP contribution in [0.1, 0.15) is 32.3 Å². The van der Waals surface area contributed by atoms with Gasteiger partial charge in [-0.15, -0.1) is 0 Å². The number of esters is 1. The van der Waals surface area contributed by atoms with Crippen LogP contribution in [0.15, 0.2) is 28.7 Å². The lowest BCUT2D eigenvalue weighted by molar-refractivity contribution is -0.159. The summed E-state index contributed by atoms with van der Waals surface area (Å²) < 4.78 is 6.55. The molecule has 1 aromatic carbocycles. The van der Waals surface area contributed by atoms with Crippen molar-refractivity contribution in [2.75, 3.05) is 13.1 Å². The summed E-state index contributed by atoms with van der Waals surface area (Å²) in [5, 5.41) is 3.29. The van der Waals surface area contributed by atoms with Crippen molar-refractivity contribution in [1.29, 1.82) is 0 Å². The van der Waals surface area contributed by atoms with Crippen LogP contribution < -0.4 is 5.32 Å². The fraction of sp³-hybridized carbons (Fsp3) is 0.533. The molecule has 2 atom stereocenters. The summed E-state index contributed by atoms with van der Waals surface area (Å²) in [7, 11) is 0. The zero-order valence-corrected chi connectivity index (χ0v) is 13.2. The largest absolute Gasteiger partial charge is 0.460 e. The van der Waals surface area contributed by atoms with Gasteiger partial charge in [-0.05, 0) is 38.5 Å². The van der Waals surface area contributed by atoms with E-state index in [9.17, 15) is 4.79 Å². The monoisotopic (exact) mass is 325 g/mol. The number of hydrogen-bond acceptors (Lipinski definition) is 3. The van der Waals surface area contributed by atoms with Crippen LogP contribution in [0.2, 0.25) is 0 Å². The molecule has 0 radical (unpaired) electrons. The fourth-order valence-electron chi connectivity index (χ4n) is 2.39. The van der Waals surface area contributed by atoms with Gasteiger partial charge in [0.15, 0.2) is 0 Å². The number of carbonyl (C=O) groups excluding carboxylic acids is 1. The van der Waals surface area contributed by atoms with Crippen LogP contribution in [0, 0.1) is 5.92 Å². The topological polar surface area (TPSA) is 38.3 Å². The Labute approximate surface area is 122 Å². The van der Waals surface area contributed by atoms with E-state index in [2.05, 4.69) is 33.4 Å². The molecule has 1 aromatic rings. The molecule has 0 saturated carbocycles. The first-order valence-corrected chi connectivity index (χ1v) is 7.35.